The highest BCUT2D eigenvalue weighted by Crippen LogP contribution is 2.28. The second-order valence-electron chi connectivity index (χ2n) is 5.98. The van der Waals surface area contributed by atoms with E-state index in [0.717, 1.165) is 0 Å². The molecule has 3 rings (SSSR count). The number of fused-ring (bicyclic) bond motifs is 1. The molecule has 0 spiro atoms. The summed E-state index contributed by atoms with van der Waals surface area (Å²) in [6, 6.07) is 0.696. The second kappa shape index (κ2) is 5.63. The molecule has 2 aliphatic rings. The molecule has 0 bridgehead atoms. The minimum atomic E-state index is -3.26. The van der Waals surface area contributed by atoms with Gasteiger partial charge in [-0.3, -0.25) is 14.3 Å². The van der Waals surface area contributed by atoms with Gasteiger partial charge < -0.3 is 9.80 Å². The number of aryl methyl sites for hydroxylation is 1. The summed E-state index contributed by atoms with van der Waals surface area (Å²) in [5, 5.41) is 4.20. The van der Waals surface area contributed by atoms with E-state index in [-0.39, 0.29) is 23.3 Å². The third-order valence-electron chi connectivity index (χ3n) is 4.53. The Bertz CT molecular complexity index is 742. The fourth-order valence-corrected chi connectivity index (χ4v) is 5.38. The number of amides is 2. The van der Waals surface area contributed by atoms with Crippen LogP contribution in [0.4, 0.5) is 0 Å². The Morgan fingerprint density at radius 2 is 1.83 bits per heavy atom. The van der Waals surface area contributed by atoms with Gasteiger partial charge in [0.25, 0.3) is 5.91 Å². The number of carbonyl (C=O) groups is 2. The topological polar surface area (TPSA) is 92.6 Å². The molecule has 0 aliphatic carbocycles. The van der Waals surface area contributed by atoms with Crippen molar-refractivity contribution in [2.24, 2.45) is 0 Å². The lowest BCUT2D eigenvalue weighted by Crippen LogP contribution is -2.61. The molecule has 0 N–H and O–H groups in total. The molecule has 3 heterocycles. The predicted molar refractivity (Wildman–Crippen MR) is 82.6 cm³/mol. The Kier molecular flexibility index (Phi) is 3.91. The van der Waals surface area contributed by atoms with E-state index in [1.165, 1.54) is 6.92 Å². The fourth-order valence-electron chi connectivity index (χ4n) is 3.40. The number of hydrogen-bond acceptors (Lipinski definition) is 5. The third kappa shape index (κ3) is 2.85. The van der Waals surface area contributed by atoms with Gasteiger partial charge in [0.2, 0.25) is 5.91 Å². The summed E-state index contributed by atoms with van der Waals surface area (Å²) in [6.07, 6.45) is 1.72. The molecule has 0 radical (unpaired) electrons. The number of aromatic nitrogens is 2. The molecular weight excluding hydrogens is 320 g/mol. The van der Waals surface area contributed by atoms with E-state index >= 15 is 0 Å². The van der Waals surface area contributed by atoms with Gasteiger partial charge in [-0.15, -0.1) is 0 Å². The van der Waals surface area contributed by atoms with Crippen molar-refractivity contribution in [3.63, 3.8) is 0 Å². The molecule has 2 saturated heterocycles. The number of piperazine rings is 1. The van der Waals surface area contributed by atoms with Crippen molar-refractivity contribution in [3.8, 4) is 0 Å². The Morgan fingerprint density at radius 1 is 1.22 bits per heavy atom. The van der Waals surface area contributed by atoms with Gasteiger partial charge >= 0.3 is 0 Å². The van der Waals surface area contributed by atoms with Crippen LogP contribution in [0.5, 0.6) is 0 Å². The van der Waals surface area contributed by atoms with Gasteiger partial charge in [-0.25, -0.2) is 8.42 Å². The second-order valence-corrected chi connectivity index (χ2v) is 8.13. The van der Waals surface area contributed by atoms with Gasteiger partial charge in [0.1, 0.15) is 5.69 Å². The normalized spacial score (nSPS) is 26.2. The van der Waals surface area contributed by atoms with Crippen molar-refractivity contribution in [1.29, 1.82) is 0 Å². The average molecular weight is 340 g/mol. The quantitative estimate of drug-likeness (QED) is 0.715. The predicted octanol–water partition coefficient (Wildman–Crippen LogP) is -0.627. The molecule has 2 atom stereocenters. The van der Waals surface area contributed by atoms with Crippen LogP contribution in [0, 0.1) is 0 Å². The van der Waals surface area contributed by atoms with Gasteiger partial charge in [0.15, 0.2) is 9.84 Å². The Labute approximate surface area is 135 Å². The SMILES string of the molecule is CCn1ccc(C(=O)N2CCN(C(C)=O)[C@H]3CS(=O)(=O)C[C@H]32)n1. The smallest absolute Gasteiger partial charge is 0.274 e. The highest BCUT2D eigenvalue weighted by atomic mass is 32.2. The first-order valence-corrected chi connectivity index (χ1v) is 9.46. The molecular formula is C14H20N4O4S. The lowest BCUT2D eigenvalue weighted by atomic mass is 10.0. The van der Waals surface area contributed by atoms with Crippen molar-refractivity contribution < 1.29 is 18.0 Å². The maximum absolute atomic E-state index is 12.7. The number of sulfone groups is 1. The number of nitrogens with zero attached hydrogens (tertiary/aromatic N) is 4. The average Bonchev–Trinajstić information content (AvgIpc) is 3.07. The van der Waals surface area contributed by atoms with E-state index in [1.807, 2.05) is 6.92 Å². The number of rotatable bonds is 2. The third-order valence-corrected chi connectivity index (χ3v) is 6.22. The van der Waals surface area contributed by atoms with Gasteiger partial charge in [-0.05, 0) is 13.0 Å². The van der Waals surface area contributed by atoms with E-state index in [9.17, 15) is 18.0 Å². The zero-order chi connectivity index (χ0) is 16.8. The Hall–Kier alpha value is -1.90. The van der Waals surface area contributed by atoms with Crippen LogP contribution in [0.3, 0.4) is 0 Å². The molecule has 0 aromatic carbocycles. The molecule has 0 saturated carbocycles. The highest BCUT2D eigenvalue weighted by Gasteiger charge is 2.49. The Balaban J connectivity index is 1.88. The lowest BCUT2D eigenvalue weighted by Gasteiger charge is -2.43. The standard InChI is InChI=1S/C14H20N4O4S/c1-3-16-5-4-11(15-16)14(20)18-7-6-17(10(2)19)12-8-23(21,22)9-13(12)18/h4-5,12-13H,3,6-9H2,1-2H3/t12-,13+/m0/s1. The fraction of sp³-hybridized carbons (Fsp3) is 0.643. The van der Waals surface area contributed by atoms with Crippen molar-refractivity contribution in [3.05, 3.63) is 18.0 Å². The molecule has 1 aromatic heterocycles. The van der Waals surface area contributed by atoms with E-state index in [1.54, 1.807) is 26.7 Å². The first kappa shape index (κ1) is 16.0. The summed E-state index contributed by atoms with van der Waals surface area (Å²) in [7, 11) is -3.26. The van der Waals surface area contributed by atoms with Crippen LogP contribution in [0.25, 0.3) is 0 Å². The van der Waals surface area contributed by atoms with Crippen molar-refractivity contribution in [1.82, 2.24) is 19.6 Å². The summed E-state index contributed by atoms with van der Waals surface area (Å²) in [6.45, 7) is 4.70. The van der Waals surface area contributed by atoms with Crippen molar-refractivity contribution >= 4 is 21.7 Å². The number of carbonyl (C=O) groups excluding carboxylic acids is 2. The summed E-state index contributed by atoms with van der Waals surface area (Å²) < 4.78 is 25.7. The van der Waals surface area contributed by atoms with Crippen molar-refractivity contribution in [2.45, 2.75) is 32.5 Å². The van der Waals surface area contributed by atoms with Gasteiger partial charge in [-0.1, -0.05) is 0 Å². The molecule has 2 fully saturated rings. The summed E-state index contributed by atoms with van der Waals surface area (Å²) in [5.41, 5.74) is 0.311. The number of hydrogen-bond donors (Lipinski definition) is 0. The molecule has 9 heteroatoms. The summed E-state index contributed by atoms with van der Waals surface area (Å²) in [5.74, 6) is -0.599. The van der Waals surface area contributed by atoms with E-state index in [0.29, 0.717) is 25.3 Å². The van der Waals surface area contributed by atoms with Crippen LogP contribution in [-0.2, 0) is 21.2 Å². The van der Waals surface area contributed by atoms with Crippen LogP contribution in [0.1, 0.15) is 24.3 Å². The molecule has 2 aliphatic heterocycles. The van der Waals surface area contributed by atoms with E-state index in [4.69, 9.17) is 0 Å². The van der Waals surface area contributed by atoms with Crippen LogP contribution in [0.15, 0.2) is 12.3 Å². The van der Waals surface area contributed by atoms with Crippen LogP contribution < -0.4 is 0 Å². The summed E-state index contributed by atoms with van der Waals surface area (Å²) >= 11 is 0. The molecule has 126 valence electrons. The molecule has 2 amide bonds. The minimum absolute atomic E-state index is 0.0789. The van der Waals surface area contributed by atoms with Crippen molar-refractivity contribution in [2.75, 3.05) is 24.6 Å². The lowest BCUT2D eigenvalue weighted by molar-refractivity contribution is -0.133. The molecule has 0 unspecified atom stereocenters. The zero-order valence-corrected chi connectivity index (χ0v) is 14.0. The van der Waals surface area contributed by atoms with Gasteiger partial charge in [0, 0.05) is 32.8 Å². The zero-order valence-electron chi connectivity index (χ0n) is 13.2. The first-order valence-electron chi connectivity index (χ1n) is 7.64. The Morgan fingerprint density at radius 3 is 2.39 bits per heavy atom. The van der Waals surface area contributed by atoms with Crippen LogP contribution in [0.2, 0.25) is 0 Å². The van der Waals surface area contributed by atoms with Gasteiger partial charge in [0.05, 0.1) is 23.6 Å². The maximum atomic E-state index is 12.7. The molecule has 8 nitrogen and oxygen atoms in total. The van der Waals surface area contributed by atoms with Gasteiger partial charge in [-0.2, -0.15) is 5.10 Å². The first-order chi connectivity index (χ1) is 10.8. The largest absolute Gasteiger partial charge is 0.335 e. The molecule has 1 aromatic rings. The highest BCUT2D eigenvalue weighted by molar-refractivity contribution is 7.91. The minimum Gasteiger partial charge on any atom is -0.335 e. The van der Waals surface area contributed by atoms with Crippen LogP contribution >= 0.6 is 0 Å². The van der Waals surface area contributed by atoms with E-state index < -0.39 is 21.9 Å². The van der Waals surface area contributed by atoms with E-state index in [2.05, 4.69) is 5.10 Å². The summed E-state index contributed by atoms with van der Waals surface area (Å²) in [4.78, 5) is 27.6. The monoisotopic (exact) mass is 340 g/mol. The molecule has 23 heavy (non-hydrogen) atoms. The van der Waals surface area contributed by atoms with Crippen LogP contribution in [-0.4, -0.2) is 76.5 Å². The maximum Gasteiger partial charge on any atom is 0.274 e.